The molecule has 1 aromatic rings. The Morgan fingerprint density at radius 3 is 2.45 bits per heavy atom. The molecule has 0 amide bonds. The fourth-order valence-electron chi connectivity index (χ4n) is 3.10. The minimum absolute atomic E-state index is 0.104. The maximum Gasteiger partial charge on any atom is 0.126 e. The Bertz CT molecular complexity index is 496. The summed E-state index contributed by atoms with van der Waals surface area (Å²) < 4.78 is 19.8. The molecule has 0 bridgehead atoms. The average molecular weight is 279 g/mol. The highest BCUT2D eigenvalue weighted by Gasteiger charge is 2.46. The van der Waals surface area contributed by atoms with Crippen molar-refractivity contribution in [3.63, 3.8) is 0 Å². The van der Waals surface area contributed by atoms with Gasteiger partial charge in [0.05, 0.1) is 11.2 Å². The van der Waals surface area contributed by atoms with Gasteiger partial charge in [0.15, 0.2) is 0 Å². The Kier molecular flexibility index (Phi) is 3.96. The third-order valence-electron chi connectivity index (χ3n) is 4.22. The fraction of sp³-hybridized carbons (Fsp3) is 0.647. The summed E-state index contributed by atoms with van der Waals surface area (Å²) in [4.78, 5) is 0. The molecule has 0 radical (unpaired) electrons. The monoisotopic (exact) mass is 279 g/mol. The van der Waals surface area contributed by atoms with E-state index in [4.69, 9.17) is 4.74 Å². The summed E-state index contributed by atoms with van der Waals surface area (Å²) in [5, 5.41) is 3.60. The van der Waals surface area contributed by atoms with E-state index in [2.05, 4.69) is 39.9 Å². The van der Waals surface area contributed by atoms with Crippen molar-refractivity contribution in [3.8, 4) is 0 Å². The molecule has 0 aromatic heterocycles. The summed E-state index contributed by atoms with van der Waals surface area (Å²) in [5.41, 5.74) is 1.35. The van der Waals surface area contributed by atoms with Crippen LogP contribution in [0, 0.1) is 12.7 Å². The third-order valence-corrected chi connectivity index (χ3v) is 4.22. The van der Waals surface area contributed by atoms with Gasteiger partial charge in [0.25, 0.3) is 0 Å². The second-order valence-electron chi connectivity index (χ2n) is 7.12. The molecule has 0 saturated carbocycles. The van der Waals surface area contributed by atoms with Gasteiger partial charge in [0.2, 0.25) is 0 Å². The van der Waals surface area contributed by atoms with E-state index in [9.17, 15) is 4.39 Å². The van der Waals surface area contributed by atoms with Crippen molar-refractivity contribution in [2.24, 2.45) is 0 Å². The van der Waals surface area contributed by atoms with Crippen LogP contribution in [0.5, 0.6) is 0 Å². The van der Waals surface area contributed by atoms with Gasteiger partial charge in [0.1, 0.15) is 5.82 Å². The molecule has 1 aliphatic rings. The van der Waals surface area contributed by atoms with Crippen molar-refractivity contribution >= 4 is 0 Å². The smallest absolute Gasteiger partial charge is 0.126 e. The first kappa shape index (κ1) is 15.5. The molecule has 1 fully saturated rings. The van der Waals surface area contributed by atoms with E-state index in [0.29, 0.717) is 5.56 Å². The van der Waals surface area contributed by atoms with Crippen LogP contribution in [0.25, 0.3) is 0 Å². The van der Waals surface area contributed by atoms with Crippen molar-refractivity contribution in [1.82, 2.24) is 5.32 Å². The van der Waals surface area contributed by atoms with Gasteiger partial charge < -0.3 is 10.1 Å². The van der Waals surface area contributed by atoms with Crippen LogP contribution >= 0.6 is 0 Å². The molecule has 2 unspecified atom stereocenters. The van der Waals surface area contributed by atoms with Gasteiger partial charge in [-0.3, -0.25) is 0 Å². The Labute approximate surface area is 121 Å². The van der Waals surface area contributed by atoms with E-state index in [0.717, 1.165) is 12.0 Å². The molecule has 0 aliphatic carbocycles. The summed E-state index contributed by atoms with van der Waals surface area (Å²) in [5.74, 6) is -0.140. The number of halogens is 1. The van der Waals surface area contributed by atoms with E-state index >= 15 is 0 Å². The topological polar surface area (TPSA) is 21.3 Å². The molecule has 2 rings (SSSR count). The second-order valence-corrected chi connectivity index (χ2v) is 7.12. The molecule has 1 aromatic carbocycles. The second kappa shape index (κ2) is 5.12. The van der Waals surface area contributed by atoms with Crippen LogP contribution in [-0.4, -0.2) is 17.2 Å². The highest BCUT2D eigenvalue weighted by Crippen LogP contribution is 2.38. The van der Waals surface area contributed by atoms with Crippen molar-refractivity contribution in [1.29, 1.82) is 0 Å². The van der Waals surface area contributed by atoms with E-state index < -0.39 is 0 Å². The first-order chi connectivity index (χ1) is 9.11. The Balaban J connectivity index is 2.11. The normalized spacial score (nSPS) is 25.6. The molecule has 0 spiro atoms. The highest BCUT2D eigenvalue weighted by atomic mass is 19.1. The minimum atomic E-state index is -0.207. The van der Waals surface area contributed by atoms with Gasteiger partial charge in [-0.25, -0.2) is 4.39 Å². The highest BCUT2D eigenvalue weighted by molar-refractivity contribution is 5.25. The van der Waals surface area contributed by atoms with Crippen LogP contribution in [0.4, 0.5) is 4.39 Å². The number of rotatable bonds is 3. The molecule has 1 aliphatic heterocycles. The Morgan fingerprint density at radius 2 is 1.95 bits per heavy atom. The van der Waals surface area contributed by atoms with Crippen LogP contribution in [0.3, 0.4) is 0 Å². The Hall–Kier alpha value is -0.930. The number of nitrogens with one attached hydrogen (secondary N) is 1. The lowest BCUT2D eigenvalue weighted by molar-refractivity contribution is -0.0703. The standard InChI is InChI=1S/C17H26FNO/c1-11-7-8-13(9-14(11)18)12(2)19-15-10-16(3,4)20-17(15,5)6/h7-9,12,15,19H,10H2,1-6H3. The predicted molar refractivity (Wildman–Crippen MR) is 80.3 cm³/mol. The van der Waals surface area contributed by atoms with E-state index in [-0.39, 0.29) is 29.1 Å². The molecule has 1 heterocycles. The van der Waals surface area contributed by atoms with Crippen molar-refractivity contribution in [3.05, 3.63) is 35.1 Å². The zero-order valence-corrected chi connectivity index (χ0v) is 13.4. The van der Waals surface area contributed by atoms with Crippen LogP contribution in [0.2, 0.25) is 0 Å². The molecule has 2 atom stereocenters. The molecular formula is C17H26FNO. The number of hydrogen-bond acceptors (Lipinski definition) is 2. The molecule has 112 valence electrons. The quantitative estimate of drug-likeness (QED) is 0.898. The third kappa shape index (κ3) is 3.21. The summed E-state index contributed by atoms with van der Waals surface area (Å²) >= 11 is 0. The number of hydrogen-bond donors (Lipinski definition) is 1. The van der Waals surface area contributed by atoms with Crippen molar-refractivity contribution in [2.45, 2.75) is 71.2 Å². The maximum atomic E-state index is 13.7. The molecular weight excluding hydrogens is 253 g/mol. The Morgan fingerprint density at radius 1 is 1.30 bits per heavy atom. The first-order valence-electron chi connectivity index (χ1n) is 7.33. The maximum absolute atomic E-state index is 13.7. The van der Waals surface area contributed by atoms with Gasteiger partial charge >= 0.3 is 0 Å². The van der Waals surface area contributed by atoms with E-state index in [1.165, 1.54) is 0 Å². The molecule has 1 saturated heterocycles. The average Bonchev–Trinajstić information content (AvgIpc) is 2.50. The number of aryl methyl sites for hydroxylation is 1. The lowest BCUT2D eigenvalue weighted by Gasteiger charge is -2.30. The number of ether oxygens (including phenoxy) is 1. The van der Waals surface area contributed by atoms with E-state index in [1.807, 2.05) is 12.1 Å². The molecule has 2 nitrogen and oxygen atoms in total. The SMILES string of the molecule is Cc1ccc(C(C)NC2CC(C)(C)OC2(C)C)cc1F. The summed E-state index contributed by atoms with van der Waals surface area (Å²) in [6.45, 7) is 12.3. The van der Waals surface area contributed by atoms with Gasteiger partial charge in [0, 0.05) is 12.1 Å². The van der Waals surface area contributed by atoms with E-state index in [1.54, 1.807) is 13.0 Å². The lowest BCUT2D eigenvalue weighted by Crippen LogP contribution is -2.44. The zero-order chi connectivity index (χ0) is 15.1. The summed E-state index contributed by atoms with van der Waals surface area (Å²) in [6, 6.07) is 5.82. The fourth-order valence-corrected chi connectivity index (χ4v) is 3.10. The summed E-state index contributed by atoms with van der Waals surface area (Å²) in [7, 11) is 0. The van der Waals surface area contributed by atoms with Crippen molar-refractivity contribution in [2.75, 3.05) is 0 Å². The minimum Gasteiger partial charge on any atom is -0.368 e. The van der Waals surface area contributed by atoms with Crippen LogP contribution < -0.4 is 5.32 Å². The van der Waals surface area contributed by atoms with Crippen LogP contribution in [-0.2, 0) is 4.74 Å². The van der Waals surface area contributed by atoms with Crippen molar-refractivity contribution < 1.29 is 9.13 Å². The largest absolute Gasteiger partial charge is 0.368 e. The number of benzene rings is 1. The van der Waals surface area contributed by atoms with Crippen LogP contribution in [0.15, 0.2) is 18.2 Å². The zero-order valence-electron chi connectivity index (χ0n) is 13.4. The molecule has 3 heteroatoms. The molecule has 1 N–H and O–H groups in total. The van der Waals surface area contributed by atoms with Gasteiger partial charge in [-0.05, 0) is 65.2 Å². The predicted octanol–water partition coefficient (Wildman–Crippen LogP) is 4.13. The lowest BCUT2D eigenvalue weighted by atomic mass is 9.93. The van der Waals surface area contributed by atoms with Gasteiger partial charge in [-0.2, -0.15) is 0 Å². The molecule has 20 heavy (non-hydrogen) atoms. The van der Waals surface area contributed by atoms with Gasteiger partial charge in [-0.15, -0.1) is 0 Å². The van der Waals surface area contributed by atoms with Crippen LogP contribution in [0.1, 0.15) is 58.2 Å². The van der Waals surface area contributed by atoms with Gasteiger partial charge in [-0.1, -0.05) is 12.1 Å². The first-order valence-corrected chi connectivity index (χ1v) is 7.33. The summed E-state index contributed by atoms with van der Waals surface area (Å²) in [6.07, 6.45) is 0.957.